The van der Waals surface area contributed by atoms with Crippen LogP contribution in [0, 0.1) is 5.92 Å². The third kappa shape index (κ3) is 1.86. The average molecular weight is 268 g/mol. The number of nitrogens with two attached hydrogens (primary N) is 1. The smallest absolute Gasteiger partial charge is 0.201 e. The zero-order valence-corrected chi connectivity index (χ0v) is 10.5. The number of hydrogen-bond acceptors (Lipinski definition) is 2. The van der Waals surface area contributed by atoms with Crippen LogP contribution in [0.25, 0.3) is 11.0 Å². The third-order valence-electron chi connectivity index (χ3n) is 2.29. The van der Waals surface area contributed by atoms with Crippen molar-refractivity contribution in [3.8, 4) is 0 Å². The van der Waals surface area contributed by atoms with Gasteiger partial charge in [-0.3, -0.25) is 0 Å². The van der Waals surface area contributed by atoms with E-state index in [9.17, 15) is 0 Å². The Morgan fingerprint density at radius 1 is 1.47 bits per heavy atom. The summed E-state index contributed by atoms with van der Waals surface area (Å²) >= 11 is 3.53. The maximum Gasteiger partial charge on any atom is 0.201 e. The van der Waals surface area contributed by atoms with Crippen molar-refractivity contribution in [2.75, 3.05) is 5.73 Å². The number of rotatable bonds is 2. The molecular formula is C11H14BrN3. The largest absolute Gasteiger partial charge is 0.369 e. The number of imidazole rings is 1. The zero-order valence-electron chi connectivity index (χ0n) is 8.87. The van der Waals surface area contributed by atoms with Gasteiger partial charge in [0.25, 0.3) is 0 Å². The van der Waals surface area contributed by atoms with Crippen LogP contribution in [0.15, 0.2) is 22.7 Å². The molecule has 0 aliphatic heterocycles. The Labute approximate surface area is 97.4 Å². The van der Waals surface area contributed by atoms with E-state index < -0.39 is 0 Å². The second-order valence-electron chi connectivity index (χ2n) is 4.08. The van der Waals surface area contributed by atoms with E-state index in [0.717, 1.165) is 22.1 Å². The summed E-state index contributed by atoms with van der Waals surface area (Å²) in [5, 5.41) is 0. The molecule has 0 saturated heterocycles. The number of anilines is 1. The summed E-state index contributed by atoms with van der Waals surface area (Å²) in [5.41, 5.74) is 7.94. The normalized spacial score (nSPS) is 11.5. The van der Waals surface area contributed by atoms with E-state index >= 15 is 0 Å². The highest BCUT2D eigenvalue weighted by molar-refractivity contribution is 9.10. The summed E-state index contributed by atoms with van der Waals surface area (Å²) in [6.45, 7) is 5.23. The van der Waals surface area contributed by atoms with E-state index in [1.54, 1.807) is 0 Å². The van der Waals surface area contributed by atoms with Crippen molar-refractivity contribution < 1.29 is 0 Å². The van der Waals surface area contributed by atoms with Gasteiger partial charge in [-0.1, -0.05) is 19.9 Å². The van der Waals surface area contributed by atoms with Gasteiger partial charge < -0.3 is 10.3 Å². The lowest BCUT2D eigenvalue weighted by molar-refractivity contribution is 0.537. The SMILES string of the molecule is CC(C)Cn1c(N)nc2cccc(Br)c21. The van der Waals surface area contributed by atoms with Crippen molar-refractivity contribution in [1.29, 1.82) is 0 Å². The molecule has 0 spiro atoms. The number of halogens is 1. The van der Waals surface area contributed by atoms with E-state index in [-0.39, 0.29) is 0 Å². The fraction of sp³-hybridized carbons (Fsp3) is 0.364. The maximum atomic E-state index is 5.90. The van der Waals surface area contributed by atoms with Crippen molar-refractivity contribution in [2.45, 2.75) is 20.4 Å². The summed E-state index contributed by atoms with van der Waals surface area (Å²) in [5.74, 6) is 1.14. The standard InChI is InChI=1S/C11H14BrN3/c1-7(2)6-15-10-8(12)4-3-5-9(10)14-11(15)13/h3-5,7H,6H2,1-2H3,(H2,13,14). The Morgan fingerprint density at radius 3 is 2.87 bits per heavy atom. The molecule has 15 heavy (non-hydrogen) atoms. The summed E-state index contributed by atoms with van der Waals surface area (Å²) in [6.07, 6.45) is 0. The average Bonchev–Trinajstić information content (AvgIpc) is 2.43. The van der Waals surface area contributed by atoms with Gasteiger partial charge in [0.15, 0.2) is 0 Å². The van der Waals surface area contributed by atoms with Gasteiger partial charge in [0.05, 0.1) is 11.0 Å². The first-order valence-electron chi connectivity index (χ1n) is 5.00. The van der Waals surface area contributed by atoms with E-state index in [0.29, 0.717) is 11.9 Å². The first kappa shape index (κ1) is 10.5. The topological polar surface area (TPSA) is 43.8 Å². The second kappa shape index (κ2) is 3.85. The minimum absolute atomic E-state index is 0.553. The van der Waals surface area contributed by atoms with Crippen LogP contribution in [0.2, 0.25) is 0 Å². The van der Waals surface area contributed by atoms with Crippen molar-refractivity contribution >= 4 is 32.9 Å². The lowest BCUT2D eigenvalue weighted by atomic mass is 10.2. The molecule has 0 fully saturated rings. The fourth-order valence-corrected chi connectivity index (χ4v) is 2.28. The Kier molecular flexibility index (Phi) is 2.69. The second-order valence-corrected chi connectivity index (χ2v) is 4.94. The Hall–Kier alpha value is -1.03. The number of nitrogens with zero attached hydrogens (tertiary/aromatic N) is 2. The van der Waals surface area contributed by atoms with Crippen LogP contribution in [0.4, 0.5) is 5.95 Å². The Balaban J connectivity index is 2.65. The van der Waals surface area contributed by atoms with Crippen LogP contribution in [-0.4, -0.2) is 9.55 Å². The number of benzene rings is 1. The van der Waals surface area contributed by atoms with E-state index in [1.807, 2.05) is 18.2 Å². The molecule has 0 unspecified atom stereocenters. The molecule has 80 valence electrons. The van der Waals surface area contributed by atoms with Crippen molar-refractivity contribution in [3.63, 3.8) is 0 Å². The number of aromatic nitrogens is 2. The molecule has 1 aromatic heterocycles. The van der Waals surface area contributed by atoms with E-state index in [1.165, 1.54) is 0 Å². The van der Waals surface area contributed by atoms with Gasteiger partial charge >= 0.3 is 0 Å². The Morgan fingerprint density at radius 2 is 2.20 bits per heavy atom. The van der Waals surface area contributed by atoms with Gasteiger partial charge in [-0.15, -0.1) is 0 Å². The lowest BCUT2D eigenvalue weighted by Gasteiger charge is -2.09. The molecule has 2 N–H and O–H groups in total. The van der Waals surface area contributed by atoms with Gasteiger partial charge in [0, 0.05) is 11.0 Å². The van der Waals surface area contributed by atoms with Crippen LogP contribution >= 0.6 is 15.9 Å². The fourth-order valence-electron chi connectivity index (χ4n) is 1.71. The molecule has 3 nitrogen and oxygen atoms in total. The molecule has 4 heteroatoms. The highest BCUT2D eigenvalue weighted by atomic mass is 79.9. The number of para-hydroxylation sites is 1. The summed E-state index contributed by atoms with van der Waals surface area (Å²) in [4.78, 5) is 4.34. The lowest BCUT2D eigenvalue weighted by Crippen LogP contribution is -2.08. The van der Waals surface area contributed by atoms with Crippen LogP contribution in [0.3, 0.4) is 0 Å². The van der Waals surface area contributed by atoms with Gasteiger partial charge in [0.1, 0.15) is 0 Å². The molecule has 0 amide bonds. The predicted octanol–water partition coefficient (Wildman–Crippen LogP) is 3.04. The molecule has 1 aromatic carbocycles. The molecule has 0 aliphatic carbocycles. The predicted molar refractivity (Wildman–Crippen MR) is 66.7 cm³/mol. The monoisotopic (exact) mass is 267 g/mol. The van der Waals surface area contributed by atoms with Crippen LogP contribution in [0.5, 0.6) is 0 Å². The number of fused-ring (bicyclic) bond motifs is 1. The summed E-state index contributed by atoms with van der Waals surface area (Å²) in [7, 11) is 0. The van der Waals surface area contributed by atoms with E-state index in [4.69, 9.17) is 5.73 Å². The van der Waals surface area contributed by atoms with Crippen LogP contribution in [0.1, 0.15) is 13.8 Å². The van der Waals surface area contributed by atoms with Gasteiger partial charge in [-0.25, -0.2) is 4.98 Å². The van der Waals surface area contributed by atoms with Gasteiger partial charge in [-0.05, 0) is 34.0 Å². The zero-order chi connectivity index (χ0) is 11.0. The van der Waals surface area contributed by atoms with E-state index in [2.05, 4.69) is 39.3 Å². The van der Waals surface area contributed by atoms with Crippen molar-refractivity contribution in [1.82, 2.24) is 9.55 Å². The van der Waals surface area contributed by atoms with Gasteiger partial charge in [0.2, 0.25) is 5.95 Å². The molecule has 0 radical (unpaired) electrons. The van der Waals surface area contributed by atoms with Crippen LogP contribution in [-0.2, 0) is 6.54 Å². The molecule has 2 rings (SSSR count). The molecule has 0 aliphatic rings. The first-order valence-corrected chi connectivity index (χ1v) is 5.79. The minimum Gasteiger partial charge on any atom is -0.369 e. The number of hydrogen-bond donors (Lipinski definition) is 1. The number of nitrogen functional groups attached to an aromatic ring is 1. The molecule has 0 saturated carbocycles. The highest BCUT2D eigenvalue weighted by Gasteiger charge is 2.11. The van der Waals surface area contributed by atoms with Crippen molar-refractivity contribution in [3.05, 3.63) is 22.7 Å². The summed E-state index contributed by atoms with van der Waals surface area (Å²) in [6, 6.07) is 5.96. The van der Waals surface area contributed by atoms with Crippen molar-refractivity contribution in [2.24, 2.45) is 5.92 Å². The van der Waals surface area contributed by atoms with Crippen LogP contribution < -0.4 is 5.73 Å². The molecule has 2 aromatic rings. The maximum absolute atomic E-state index is 5.90. The third-order valence-corrected chi connectivity index (χ3v) is 2.93. The highest BCUT2D eigenvalue weighted by Crippen LogP contribution is 2.26. The first-order chi connectivity index (χ1) is 7.09. The van der Waals surface area contributed by atoms with Gasteiger partial charge in [-0.2, -0.15) is 0 Å². The summed E-state index contributed by atoms with van der Waals surface area (Å²) < 4.78 is 3.11. The molecular weight excluding hydrogens is 254 g/mol. The molecule has 1 heterocycles. The molecule has 0 atom stereocenters. The Bertz CT molecular complexity index is 488. The quantitative estimate of drug-likeness (QED) is 0.909. The molecule has 0 bridgehead atoms. The minimum atomic E-state index is 0.553.